The van der Waals surface area contributed by atoms with Crippen molar-refractivity contribution in [3.63, 3.8) is 0 Å². The number of nitrogens with one attached hydrogen (secondary N) is 1. The third kappa shape index (κ3) is 19.3. The summed E-state index contributed by atoms with van der Waals surface area (Å²) in [5.41, 5.74) is 0. The second kappa shape index (κ2) is 22.9. The van der Waals surface area contributed by atoms with Crippen LogP contribution in [0.4, 0.5) is 0 Å². The number of β-amino-alcohol motifs (C(OH)–C–C–N with tert-alkyl or cyclic N) is 1. The normalized spacial score (nSPS) is 21.2. The van der Waals surface area contributed by atoms with Crippen molar-refractivity contribution in [2.75, 3.05) is 92.2 Å². The van der Waals surface area contributed by atoms with Crippen LogP contribution in [0, 0.1) is 0 Å². The quantitative estimate of drug-likeness (QED) is 0.0827. The van der Waals surface area contributed by atoms with Gasteiger partial charge < -0.3 is 24.5 Å². The minimum Gasteiger partial charge on any atom is -0.391 e. The zero-order chi connectivity index (χ0) is 28.1. The highest BCUT2D eigenvalue weighted by Crippen LogP contribution is 2.18. The molecule has 0 amide bonds. The Hall–Kier alpha value is 0.220. The molecule has 2 saturated heterocycles. The molecule has 0 aromatic heterocycles. The predicted molar refractivity (Wildman–Crippen MR) is 151 cm³/mol. The van der Waals surface area contributed by atoms with Gasteiger partial charge in [0.1, 0.15) is 0 Å². The molecule has 1 saturated carbocycles. The lowest BCUT2D eigenvalue weighted by Crippen LogP contribution is -2.50. The molecule has 14 heteroatoms. The molecule has 4 N–H and O–H groups in total. The number of nitrogens with zero attached hydrogens (tertiary/aromatic N) is 3. The van der Waals surface area contributed by atoms with E-state index >= 15 is 0 Å². The zero-order valence-electron chi connectivity index (χ0n) is 23.8. The van der Waals surface area contributed by atoms with Gasteiger partial charge in [0.2, 0.25) is 0 Å². The minimum absolute atomic E-state index is 0.359. The van der Waals surface area contributed by atoms with Crippen molar-refractivity contribution in [1.29, 1.82) is 0 Å². The van der Waals surface area contributed by atoms with Crippen LogP contribution in [-0.2, 0) is 23.5 Å². The number of rotatable bonds is 13. The summed E-state index contributed by atoms with van der Waals surface area (Å²) in [5, 5.41) is 35.5. The maximum Gasteiger partial charge on any atom is 0.0908 e. The van der Waals surface area contributed by atoms with E-state index in [2.05, 4.69) is 62.1 Å². The summed E-state index contributed by atoms with van der Waals surface area (Å²) >= 11 is 1.98. The second-order valence-electron chi connectivity index (χ2n) is 10.9. The van der Waals surface area contributed by atoms with Crippen LogP contribution in [0.1, 0.15) is 44.9 Å². The van der Waals surface area contributed by atoms with E-state index in [-0.39, 0.29) is 0 Å². The average molecular weight is 590 g/mol. The first kappa shape index (κ1) is 36.2. The fourth-order valence-electron chi connectivity index (χ4n) is 4.70. The Morgan fingerprint density at radius 2 is 1.53 bits per heavy atom. The van der Waals surface area contributed by atoms with Crippen LogP contribution in [0.15, 0.2) is 0 Å². The van der Waals surface area contributed by atoms with E-state index in [1.807, 2.05) is 0 Å². The van der Waals surface area contributed by atoms with Gasteiger partial charge in [-0.3, -0.25) is 4.90 Å². The van der Waals surface area contributed by atoms with Gasteiger partial charge >= 0.3 is 0 Å². The van der Waals surface area contributed by atoms with Gasteiger partial charge in [-0.2, -0.15) is 0 Å². The van der Waals surface area contributed by atoms with Crippen LogP contribution in [0.25, 0.3) is 0 Å². The molecule has 228 valence electrons. The van der Waals surface area contributed by atoms with E-state index in [0.29, 0.717) is 18.3 Å². The summed E-state index contributed by atoms with van der Waals surface area (Å²) in [6.45, 7) is 7.18. The Balaban J connectivity index is 0.000000287. The molecule has 1 atom stereocenters. The van der Waals surface area contributed by atoms with Crippen molar-refractivity contribution in [2.24, 2.45) is 0 Å². The lowest BCUT2D eigenvalue weighted by molar-refractivity contribution is -0.897. The Bertz CT molecular complexity index is 534. The van der Waals surface area contributed by atoms with E-state index in [4.69, 9.17) is 15.3 Å². The maximum absolute atomic E-state index is 9.51. The molecule has 2 heterocycles. The number of ether oxygens (including phenoxy) is 1. The number of aliphatic hydroxyl groups is 1. The number of hydrogen-bond donors (Lipinski definition) is 4. The van der Waals surface area contributed by atoms with Crippen molar-refractivity contribution < 1.29 is 43.6 Å². The molecule has 12 nitrogen and oxygen atoms in total. The van der Waals surface area contributed by atoms with E-state index in [1.54, 1.807) is 0 Å². The highest BCUT2D eigenvalue weighted by Gasteiger charge is 2.27. The fraction of sp³-hybridized carbons (Fsp3) is 1.00. The molecule has 0 aromatic carbocycles. The molecule has 1 aliphatic carbocycles. The van der Waals surface area contributed by atoms with E-state index in [0.717, 1.165) is 73.2 Å². The largest absolute Gasteiger partial charge is 0.391 e. The van der Waals surface area contributed by atoms with E-state index < -0.39 is 6.10 Å². The summed E-state index contributed by atoms with van der Waals surface area (Å²) < 4.78 is 14.7. The number of hydrogen-bond acceptors (Lipinski definition) is 13. The highest BCUT2D eigenvalue weighted by atomic mass is 32.2. The van der Waals surface area contributed by atoms with Gasteiger partial charge in [-0.1, -0.05) is 29.3 Å². The van der Waals surface area contributed by atoms with Crippen LogP contribution in [0.3, 0.4) is 0 Å². The number of aliphatic hydroxyl groups excluding tert-OH is 1. The smallest absolute Gasteiger partial charge is 0.0908 e. The van der Waals surface area contributed by atoms with Crippen LogP contribution < -0.4 is 5.32 Å². The van der Waals surface area contributed by atoms with Crippen molar-refractivity contribution in [1.82, 2.24) is 15.1 Å². The lowest BCUT2D eigenvalue weighted by atomic mass is 9.96. The molecule has 3 fully saturated rings. The van der Waals surface area contributed by atoms with Gasteiger partial charge in [-0.15, -0.1) is 8.67 Å². The van der Waals surface area contributed by atoms with Gasteiger partial charge in [0.15, 0.2) is 0 Å². The Kier molecular flexibility index (Phi) is 21.8. The third-order valence-corrected chi connectivity index (χ3v) is 8.20. The average Bonchev–Trinajstić information content (AvgIpc) is 2.90. The Morgan fingerprint density at radius 1 is 0.921 bits per heavy atom. The van der Waals surface area contributed by atoms with Gasteiger partial charge in [-0.25, -0.2) is 10.5 Å². The summed E-state index contributed by atoms with van der Waals surface area (Å²) in [7, 11) is 9.12. The molecule has 2 aliphatic heterocycles. The molecular formula is C24H53N4O8S2+. The first-order chi connectivity index (χ1) is 18.3. The van der Waals surface area contributed by atoms with Gasteiger partial charge in [0.25, 0.3) is 0 Å². The zero-order valence-corrected chi connectivity index (χ0v) is 25.4. The molecule has 0 radical (unpaired) electrons. The molecule has 0 spiro atoms. The minimum atomic E-state index is -0.492. The highest BCUT2D eigenvalue weighted by molar-refractivity contribution is 7.94. The number of likely N-dealkylation sites (tertiary alicyclic amines) is 1. The number of morpholine rings is 1. The summed E-state index contributed by atoms with van der Waals surface area (Å²) in [4.78, 5) is 4.54. The molecule has 0 aromatic rings. The van der Waals surface area contributed by atoms with Gasteiger partial charge in [0.05, 0.1) is 52.3 Å². The SMILES string of the molecule is CN1CCC([N+](C)(C)C)CC1.OOOSCC(O)CN1CCOCC1.OOOSCCNC1CCCCC1. The predicted octanol–water partition coefficient (Wildman–Crippen LogP) is 2.51. The second-order valence-corrected chi connectivity index (χ2v) is 12.4. The summed E-state index contributed by atoms with van der Waals surface area (Å²) in [6.07, 6.45) is 8.90. The van der Waals surface area contributed by atoms with E-state index in [1.165, 1.54) is 58.0 Å². The molecular weight excluding hydrogens is 536 g/mol. The Labute approximate surface area is 237 Å². The first-order valence-electron chi connectivity index (χ1n) is 13.7. The van der Waals surface area contributed by atoms with Gasteiger partial charge in [-0.05, 0) is 19.9 Å². The van der Waals surface area contributed by atoms with Crippen LogP contribution >= 0.6 is 24.1 Å². The topological polar surface area (TPSA) is 125 Å². The summed E-state index contributed by atoms with van der Waals surface area (Å²) in [5.74, 6) is 1.15. The maximum atomic E-state index is 9.51. The van der Waals surface area contributed by atoms with Crippen molar-refractivity contribution >= 4 is 24.1 Å². The van der Waals surface area contributed by atoms with Crippen LogP contribution in [-0.4, -0.2) is 140 Å². The fourth-order valence-corrected chi connectivity index (χ4v) is 5.37. The molecule has 38 heavy (non-hydrogen) atoms. The molecule has 0 bridgehead atoms. The first-order valence-corrected chi connectivity index (χ1v) is 15.5. The Morgan fingerprint density at radius 3 is 2.11 bits per heavy atom. The van der Waals surface area contributed by atoms with Crippen molar-refractivity contribution in [3.05, 3.63) is 0 Å². The number of quaternary nitrogens is 1. The van der Waals surface area contributed by atoms with Crippen molar-refractivity contribution in [2.45, 2.75) is 63.1 Å². The lowest BCUT2D eigenvalue weighted by Gasteiger charge is -2.39. The third-order valence-electron chi connectivity index (χ3n) is 7.00. The standard InChI is InChI=1S/C9H21N2.C8H17NO3S.C7H15NO5S/c1-10-7-5-9(6-8-10)11(2,3)4;10-11-12-13-7-6-9-8-4-2-1-3-5-8;9-7(6-14-13-12-10)5-8-1-3-11-4-2-8/h9H,5-8H2,1-4H3;8-10H,1-7H2;7,9-10H,1-6H2/q+1;;. The monoisotopic (exact) mass is 589 g/mol. The molecule has 3 aliphatic rings. The number of piperidine rings is 1. The van der Waals surface area contributed by atoms with E-state index in [9.17, 15) is 5.11 Å². The van der Waals surface area contributed by atoms with Crippen LogP contribution in [0.5, 0.6) is 0 Å². The van der Waals surface area contributed by atoms with Gasteiger partial charge in [0, 0.05) is 88.0 Å². The van der Waals surface area contributed by atoms with Crippen LogP contribution in [0.2, 0.25) is 0 Å². The summed E-state index contributed by atoms with van der Waals surface area (Å²) in [6, 6.07) is 1.57. The molecule has 1 unspecified atom stereocenters. The molecule has 3 rings (SSSR count). The van der Waals surface area contributed by atoms with Crippen molar-refractivity contribution in [3.8, 4) is 0 Å².